The lowest BCUT2D eigenvalue weighted by Crippen LogP contribution is -2.44. The fourth-order valence-electron chi connectivity index (χ4n) is 2.50. The molecule has 3 atom stereocenters. The highest BCUT2D eigenvalue weighted by molar-refractivity contribution is 5.85. The number of aliphatic hydroxyl groups excluding tert-OH is 2. The number of carbonyl (C=O) groups is 2. The summed E-state index contributed by atoms with van der Waals surface area (Å²) in [6.07, 6.45) is 1.94. The molecule has 0 saturated heterocycles. The van der Waals surface area contributed by atoms with Gasteiger partial charge in [0.25, 0.3) is 0 Å². The minimum Gasteiger partial charge on any atom is -0.481 e. The van der Waals surface area contributed by atoms with Crippen LogP contribution < -0.4 is 5.32 Å². The van der Waals surface area contributed by atoms with Gasteiger partial charge in [-0.2, -0.15) is 0 Å². The van der Waals surface area contributed by atoms with Crippen molar-refractivity contribution in [3.63, 3.8) is 0 Å². The van der Waals surface area contributed by atoms with Crippen molar-refractivity contribution in [2.75, 3.05) is 13.2 Å². The molecule has 0 radical (unpaired) electrons. The number of nitrogens with one attached hydrogen (secondary N) is 1. The van der Waals surface area contributed by atoms with Crippen LogP contribution in [-0.2, 0) is 9.59 Å². The predicted molar refractivity (Wildman–Crippen MR) is 63.7 cm³/mol. The van der Waals surface area contributed by atoms with Crippen molar-refractivity contribution in [1.29, 1.82) is 0 Å². The number of aliphatic carboxylic acids is 1. The largest absolute Gasteiger partial charge is 0.481 e. The van der Waals surface area contributed by atoms with E-state index in [1.807, 2.05) is 6.92 Å². The molecule has 0 heterocycles. The number of hydrogen-bond donors (Lipinski definition) is 4. The summed E-state index contributed by atoms with van der Waals surface area (Å²) in [7, 11) is 0. The van der Waals surface area contributed by atoms with Crippen molar-refractivity contribution in [2.45, 2.75) is 32.2 Å². The molecule has 18 heavy (non-hydrogen) atoms. The molecular weight excluding hydrogens is 238 g/mol. The van der Waals surface area contributed by atoms with Crippen LogP contribution in [0.2, 0.25) is 0 Å². The fraction of sp³-hybridized carbons (Fsp3) is 0.833. The number of carboxylic acid groups (broad SMARTS) is 1. The van der Waals surface area contributed by atoms with E-state index < -0.39 is 23.8 Å². The first-order valence-electron chi connectivity index (χ1n) is 6.28. The quantitative estimate of drug-likeness (QED) is 0.519. The lowest BCUT2D eigenvalue weighted by molar-refractivity contribution is -0.146. The van der Waals surface area contributed by atoms with Crippen LogP contribution in [0, 0.1) is 17.8 Å². The van der Waals surface area contributed by atoms with Crippen LogP contribution in [0.5, 0.6) is 0 Å². The van der Waals surface area contributed by atoms with Crippen LogP contribution in [-0.4, -0.2) is 46.5 Å². The Morgan fingerprint density at radius 3 is 2.22 bits per heavy atom. The molecule has 1 aliphatic rings. The zero-order chi connectivity index (χ0) is 13.7. The highest BCUT2D eigenvalue weighted by Gasteiger charge is 2.42. The number of carboxylic acids is 1. The van der Waals surface area contributed by atoms with E-state index in [1.54, 1.807) is 0 Å². The van der Waals surface area contributed by atoms with Crippen LogP contribution in [0.25, 0.3) is 0 Å². The lowest BCUT2D eigenvalue weighted by Gasteiger charge is -2.19. The Labute approximate surface area is 106 Å². The molecule has 0 aromatic carbocycles. The maximum Gasteiger partial charge on any atom is 0.307 e. The van der Waals surface area contributed by atoms with E-state index in [-0.39, 0.29) is 25.0 Å². The van der Waals surface area contributed by atoms with Crippen molar-refractivity contribution in [2.24, 2.45) is 17.8 Å². The zero-order valence-corrected chi connectivity index (χ0v) is 10.5. The van der Waals surface area contributed by atoms with Gasteiger partial charge in [-0.1, -0.05) is 13.3 Å². The van der Waals surface area contributed by atoms with Crippen LogP contribution in [0.1, 0.15) is 26.2 Å². The van der Waals surface area contributed by atoms with Crippen LogP contribution >= 0.6 is 0 Å². The second-order valence-electron chi connectivity index (χ2n) is 4.87. The second-order valence-corrected chi connectivity index (χ2v) is 4.87. The highest BCUT2D eigenvalue weighted by atomic mass is 16.4. The summed E-state index contributed by atoms with van der Waals surface area (Å²) in [6.45, 7) is 1.27. The summed E-state index contributed by atoms with van der Waals surface area (Å²) in [5.74, 6) is -2.30. The Kier molecular flexibility index (Phi) is 5.55. The number of amides is 1. The molecule has 0 aliphatic heterocycles. The molecule has 1 amide bonds. The fourth-order valence-corrected chi connectivity index (χ4v) is 2.50. The number of aliphatic hydroxyl groups is 2. The summed E-state index contributed by atoms with van der Waals surface area (Å²) in [5, 5.41) is 29.4. The van der Waals surface area contributed by atoms with Crippen molar-refractivity contribution in [3.8, 4) is 0 Å². The molecule has 1 aliphatic carbocycles. The smallest absolute Gasteiger partial charge is 0.307 e. The Morgan fingerprint density at radius 1 is 1.22 bits per heavy atom. The van der Waals surface area contributed by atoms with Crippen LogP contribution in [0.3, 0.4) is 0 Å². The van der Waals surface area contributed by atoms with Gasteiger partial charge in [0, 0.05) is 0 Å². The summed E-state index contributed by atoms with van der Waals surface area (Å²) in [5.41, 5.74) is 0. The third kappa shape index (κ3) is 3.43. The third-order valence-corrected chi connectivity index (χ3v) is 3.68. The van der Waals surface area contributed by atoms with Gasteiger partial charge in [-0.05, 0) is 18.8 Å². The van der Waals surface area contributed by atoms with Gasteiger partial charge in [-0.15, -0.1) is 0 Å². The van der Waals surface area contributed by atoms with E-state index in [0.29, 0.717) is 12.8 Å². The van der Waals surface area contributed by atoms with Crippen molar-refractivity contribution < 1.29 is 24.9 Å². The molecule has 1 fully saturated rings. The van der Waals surface area contributed by atoms with Gasteiger partial charge in [-0.25, -0.2) is 0 Å². The molecule has 1 saturated carbocycles. The van der Waals surface area contributed by atoms with Crippen molar-refractivity contribution in [3.05, 3.63) is 0 Å². The van der Waals surface area contributed by atoms with Gasteiger partial charge in [0.05, 0.1) is 31.1 Å². The van der Waals surface area contributed by atoms with E-state index in [4.69, 9.17) is 15.3 Å². The van der Waals surface area contributed by atoms with Gasteiger partial charge >= 0.3 is 5.97 Å². The monoisotopic (exact) mass is 259 g/mol. The second kappa shape index (κ2) is 6.70. The summed E-state index contributed by atoms with van der Waals surface area (Å²) in [4.78, 5) is 23.1. The van der Waals surface area contributed by atoms with Crippen molar-refractivity contribution in [1.82, 2.24) is 5.32 Å². The van der Waals surface area contributed by atoms with Gasteiger partial charge in [-0.3, -0.25) is 9.59 Å². The molecule has 6 nitrogen and oxygen atoms in total. The van der Waals surface area contributed by atoms with E-state index in [2.05, 4.69) is 5.32 Å². The summed E-state index contributed by atoms with van der Waals surface area (Å²) >= 11 is 0. The van der Waals surface area contributed by atoms with Gasteiger partial charge < -0.3 is 20.6 Å². The zero-order valence-electron chi connectivity index (χ0n) is 10.5. The maximum absolute atomic E-state index is 12.0. The Balaban J connectivity index is 2.67. The van der Waals surface area contributed by atoms with Gasteiger partial charge in [0.1, 0.15) is 0 Å². The van der Waals surface area contributed by atoms with Crippen LogP contribution in [0.4, 0.5) is 0 Å². The van der Waals surface area contributed by atoms with E-state index in [1.165, 1.54) is 0 Å². The minimum atomic E-state index is -0.948. The molecule has 6 heteroatoms. The summed E-state index contributed by atoms with van der Waals surface area (Å²) < 4.78 is 0. The molecule has 4 N–H and O–H groups in total. The first-order chi connectivity index (χ1) is 8.53. The molecule has 0 aromatic rings. The maximum atomic E-state index is 12.0. The lowest BCUT2D eigenvalue weighted by atomic mass is 9.95. The molecule has 104 valence electrons. The first-order valence-corrected chi connectivity index (χ1v) is 6.28. The topological polar surface area (TPSA) is 107 Å². The normalized spacial score (nSPS) is 27.4. The Hall–Kier alpha value is -1.14. The number of hydrogen-bond acceptors (Lipinski definition) is 4. The molecule has 0 aromatic heterocycles. The molecular formula is C12H21NO5. The molecule has 0 bridgehead atoms. The Bertz CT molecular complexity index is 303. The van der Waals surface area contributed by atoms with E-state index in [9.17, 15) is 9.59 Å². The highest BCUT2D eigenvalue weighted by Crippen LogP contribution is 2.38. The van der Waals surface area contributed by atoms with Gasteiger partial charge in [0.2, 0.25) is 5.91 Å². The molecule has 0 spiro atoms. The average Bonchev–Trinajstić information content (AvgIpc) is 2.80. The number of carbonyl (C=O) groups excluding carboxylic acids is 1. The standard InChI is InChI=1S/C12H21NO5/c1-2-7-3-9(10(4-7)12(17)18)11(16)13-8(5-14)6-15/h7-10,14-15H,2-6H2,1H3,(H,13,16)(H,17,18)/t7?,9-,10+/m0/s1. The van der Waals surface area contributed by atoms with E-state index >= 15 is 0 Å². The summed E-state index contributed by atoms with van der Waals surface area (Å²) in [6, 6.07) is -0.715. The predicted octanol–water partition coefficient (Wildman–Crippen LogP) is -0.407. The average molecular weight is 259 g/mol. The number of rotatable bonds is 6. The Morgan fingerprint density at radius 2 is 1.78 bits per heavy atom. The van der Waals surface area contributed by atoms with Gasteiger partial charge in [0.15, 0.2) is 0 Å². The SMILES string of the molecule is CCC1C[C@H](C(=O)NC(CO)CO)[C@H](C(=O)O)C1. The third-order valence-electron chi connectivity index (χ3n) is 3.68. The van der Waals surface area contributed by atoms with Crippen LogP contribution in [0.15, 0.2) is 0 Å². The van der Waals surface area contributed by atoms with E-state index in [0.717, 1.165) is 6.42 Å². The van der Waals surface area contributed by atoms with Crippen molar-refractivity contribution >= 4 is 11.9 Å². The molecule has 1 rings (SSSR count). The first kappa shape index (κ1) is 14.9. The molecule has 1 unspecified atom stereocenters. The minimum absolute atomic E-state index is 0.253.